The summed E-state index contributed by atoms with van der Waals surface area (Å²) in [7, 11) is 4.28. The van der Waals surface area contributed by atoms with Crippen LogP contribution in [0.5, 0.6) is 0 Å². The third-order valence-electron chi connectivity index (χ3n) is 3.56. The fourth-order valence-electron chi connectivity index (χ4n) is 2.33. The number of piperidine rings is 1. The van der Waals surface area contributed by atoms with E-state index in [2.05, 4.69) is 49.8 Å². The van der Waals surface area contributed by atoms with E-state index in [9.17, 15) is 0 Å². The fourth-order valence-corrected chi connectivity index (χ4v) is 2.62. The maximum absolute atomic E-state index is 4.40. The molecule has 1 aromatic heterocycles. The quantitative estimate of drug-likeness (QED) is 0.797. The summed E-state index contributed by atoms with van der Waals surface area (Å²) in [5, 5.41) is 0.811. The Balaban J connectivity index is 1.88. The molecule has 4 nitrogen and oxygen atoms in total. The highest BCUT2D eigenvalue weighted by atomic mass is 79.9. The van der Waals surface area contributed by atoms with Crippen molar-refractivity contribution in [2.75, 3.05) is 38.6 Å². The van der Waals surface area contributed by atoms with Crippen LogP contribution in [-0.4, -0.2) is 48.6 Å². The van der Waals surface area contributed by atoms with Crippen molar-refractivity contribution in [2.24, 2.45) is 5.92 Å². The Morgan fingerprint density at radius 1 is 1.33 bits per heavy atom. The molecule has 1 aromatic rings. The molecule has 1 aliphatic heterocycles. The third-order valence-corrected chi connectivity index (χ3v) is 4.21. The van der Waals surface area contributed by atoms with Crippen molar-refractivity contribution in [3.8, 4) is 0 Å². The van der Waals surface area contributed by atoms with Crippen LogP contribution in [0.25, 0.3) is 0 Å². The van der Waals surface area contributed by atoms with E-state index in [0.717, 1.165) is 29.3 Å². The van der Waals surface area contributed by atoms with Crippen LogP contribution in [0.1, 0.15) is 18.4 Å². The Labute approximate surface area is 118 Å². The lowest BCUT2D eigenvalue weighted by molar-refractivity contribution is 0.222. The van der Waals surface area contributed by atoms with E-state index in [1.54, 1.807) is 0 Å². The molecule has 0 aromatic carbocycles. The van der Waals surface area contributed by atoms with Gasteiger partial charge in [0.05, 0.1) is 0 Å². The molecule has 5 heteroatoms. The molecule has 1 aliphatic rings. The maximum atomic E-state index is 4.40. The highest BCUT2D eigenvalue weighted by molar-refractivity contribution is 9.08. The Hall–Kier alpha value is -0.680. The van der Waals surface area contributed by atoms with Gasteiger partial charge in [-0.1, -0.05) is 15.9 Å². The van der Waals surface area contributed by atoms with Gasteiger partial charge in [0.15, 0.2) is 0 Å². The van der Waals surface area contributed by atoms with Crippen LogP contribution in [0.3, 0.4) is 0 Å². The zero-order chi connectivity index (χ0) is 13.0. The molecule has 0 atom stereocenters. The van der Waals surface area contributed by atoms with Crippen molar-refractivity contribution in [1.29, 1.82) is 0 Å². The average Bonchev–Trinajstić information content (AvgIpc) is 2.41. The summed E-state index contributed by atoms with van der Waals surface area (Å²) in [6.45, 7) is 3.48. The van der Waals surface area contributed by atoms with Crippen molar-refractivity contribution >= 4 is 21.9 Å². The number of hydrogen-bond donors (Lipinski definition) is 0. The molecular weight excluding hydrogens is 292 g/mol. The van der Waals surface area contributed by atoms with Gasteiger partial charge >= 0.3 is 0 Å². The van der Waals surface area contributed by atoms with E-state index in [1.807, 2.05) is 12.4 Å². The first-order chi connectivity index (χ1) is 8.69. The molecule has 100 valence electrons. The highest BCUT2D eigenvalue weighted by Gasteiger charge is 2.19. The van der Waals surface area contributed by atoms with Crippen LogP contribution in [-0.2, 0) is 5.33 Å². The monoisotopic (exact) mass is 312 g/mol. The molecule has 0 saturated carbocycles. The minimum atomic E-state index is 0.769. The second kappa shape index (κ2) is 6.48. The molecule has 0 radical (unpaired) electrons. The number of rotatable bonds is 4. The summed E-state index contributed by atoms with van der Waals surface area (Å²) in [4.78, 5) is 13.4. The molecule has 0 amide bonds. The third kappa shape index (κ3) is 3.65. The van der Waals surface area contributed by atoms with Crippen molar-refractivity contribution in [2.45, 2.75) is 18.2 Å². The van der Waals surface area contributed by atoms with E-state index in [-0.39, 0.29) is 0 Å². The van der Waals surface area contributed by atoms with E-state index < -0.39 is 0 Å². The van der Waals surface area contributed by atoms with Crippen molar-refractivity contribution in [1.82, 2.24) is 14.9 Å². The SMILES string of the molecule is CN1CCC(CN(C)c2ncc(CBr)cn2)CC1. The Morgan fingerprint density at radius 3 is 2.50 bits per heavy atom. The number of anilines is 1. The number of hydrogen-bond acceptors (Lipinski definition) is 4. The van der Waals surface area contributed by atoms with Gasteiger partial charge in [0.2, 0.25) is 5.95 Å². The number of aromatic nitrogens is 2. The summed E-state index contributed by atoms with van der Waals surface area (Å²) in [6.07, 6.45) is 6.34. The fraction of sp³-hybridized carbons (Fsp3) is 0.692. The van der Waals surface area contributed by atoms with E-state index in [4.69, 9.17) is 0 Å². The summed E-state index contributed by atoms with van der Waals surface area (Å²) < 4.78 is 0. The van der Waals surface area contributed by atoms with Crippen LogP contribution in [0.2, 0.25) is 0 Å². The molecule has 2 rings (SSSR count). The van der Waals surface area contributed by atoms with Crippen LogP contribution in [0, 0.1) is 5.92 Å². The normalized spacial score (nSPS) is 17.9. The summed E-state index contributed by atoms with van der Waals surface area (Å²) in [5.74, 6) is 1.60. The second-order valence-corrected chi connectivity index (χ2v) is 5.71. The van der Waals surface area contributed by atoms with Crippen LogP contribution >= 0.6 is 15.9 Å². The van der Waals surface area contributed by atoms with Crippen molar-refractivity contribution in [3.05, 3.63) is 18.0 Å². The molecule has 0 N–H and O–H groups in total. The molecule has 0 spiro atoms. The van der Waals surface area contributed by atoms with Gasteiger partial charge in [-0.3, -0.25) is 0 Å². The van der Waals surface area contributed by atoms with E-state index in [0.29, 0.717) is 0 Å². The molecule has 18 heavy (non-hydrogen) atoms. The first-order valence-electron chi connectivity index (χ1n) is 6.45. The molecule has 0 unspecified atom stereocenters. The number of likely N-dealkylation sites (tertiary alicyclic amines) is 1. The van der Waals surface area contributed by atoms with Gasteiger partial charge in [0.1, 0.15) is 0 Å². The van der Waals surface area contributed by atoms with Crippen LogP contribution in [0.4, 0.5) is 5.95 Å². The lowest BCUT2D eigenvalue weighted by Gasteiger charge is -2.31. The first-order valence-corrected chi connectivity index (χ1v) is 7.57. The van der Waals surface area contributed by atoms with Gasteiger partial charge < -0.3 is 9.80 Å². The van der Waals surface area contributed by atoms with Gasteiger partial charge in [0, 0.05) is 31.3 Å². The average molecular weight is 313 g/mol. The second-order valence-electron chi connectivity index (χ2n) is 5.15. The first kappa shape index (κ1) is 13.7. The maximum Gasteiger partial charge on any atom is 0.225 e. The molecule has 1 fully saturated rings. The van der Waals surface area contributed by atoms with Crippen LogP contribution in [0.15, 0.2) is 12.4 Å². The van der Waals surface area contributed by atoms with Gasteiger partial charge in [-0.15, -0.1) is 0 Å². The smallest absolute Gasteiger partial charge is 0.225 e. The number of nitrogens with zero attached hydrogens (tertiary/aromatic N) is 4. The lowest BCUT2D eigenvalue weighted by atomic mass is 9.97. The zero-order valence-corrected chi connectivity index (χ0v) is 12.7. The minimum absolute atomic E-state index is 0.769. The number of halogens is 1. The Bertz CT molecular complexity index is 360. The van der Waals surface area contributed by atoms with Gasteiger partial charge in [-0.25, -0.2) is 9.97 Å². The topological polar surface area (TPSA) is 32.3 Å². The molecular formula is C13H21BrN4. The zero-order valence-electron chi connectivity index (χ0n) is 11.1. The van der Waals surface area contributed by atoms with Crippen molar-refractivity contribution in [3.63, 3.8) is 0 Å². The predicted octanol–water partition coefficient (Wildman–Crippen LogP) is 2.15. The Morgan fingerprint density at radius 2 is 1.94 bits per heavy atom. The summed E-state index contributed by atoms with van der Waals surface area (Å²) in [5.41, 5.74) is 1.12. The minimum Gasteiger partial charge on any atom is -0.344 e. The molecule has 2 heterocycles. The Kier molecular flexibility index (Phi) is 4.95. The summed E-state index contributed by atoms with van der Waals surface area (Å²) in [6, 6.07) is 0. The van der Waals surface area contributed by atoms with E-state index >= 15 is 0 Å². The van der Waals surface area contributed by atoms with Gasteiger partial charge in [0.25, 0.3) is 0 Å². The lowest BCUT2D eigenvalue weighted by Crippen LogP contribution is -2.36. The molecule has 0 bridgehead atoms. The van der Waals surface area contributed by atoms with Gasteiger partial charge in [-0.2, -0.15) is 0 Å². The summed E-state index contributed by atoms with van der Waals surface area (Å²) >= 11 is 3.41. The largest absolute Gasteiger partial charge is 0.344 e. The number of alkyl halides is 1. The van der Waals surface area contributed by atoms with Gasteiger partial charge in [-0.05, 0) is 44.5 Å². The standard InChI is InChI=1S/C13H21BrN4/c1-17-5-3-11(4-6-17)10-18(2)13-15-8-12(7-14)9-16-13/h8-9,11H,3-7,10H2,1-2H3. The van der Waals surface area contributed by atoms with Crippen LogP contribution < -0.4 is 4.90 Å². The predicted molar refractivity (Wildman–Crippen MR) is 78.2 cm³/mol. The van der Waals surface area contributed by atoms with E-state index in [1.165, 1.54) is 25.9 Å². The van der Waals surface area contributed by atoms with Crippen molar-refractivity contribution < 1.29 is 0 Å². The molecule has 0 aliphatic carbocycles. The molecule has 1 saturated heterocycles. The highest BCUT2D eigenvalue weighted by Crippen LogP contribution is 2.18.